The largest absolute Gasteiger partial charge is 0.309 e. The van der Waals surface area contributed by atoms with E-state index in [4.69, 9.17) is 11.6 Å². The van der Waals surface area contributed by atoms with Gasteiger partial charge >= 0.3 is 0 Å². The third kappa shape index (κ3) is 2.43. The minimum atomic E-state index is 0.185. The molecule has 0 spiro atoms. The molecule has 0 aromatic heterocycles. The lowest BCUT2D eigenvalue weighted by atomic mass is 9.92. The highest BCUT2D eigenvalue weighted by molar-refractivity contribution is 6.31. The van der Waals surface area contributed by atoms with Crippen LogP contribution in [-0.4, -0.2) is 7.05 Å². The maximum absolute atomic E-state index is 6.21. The molecule has 2 rings (SSSR count). The first-order chi connectivity index (χ1) is 8.65. The van der Waals surface area contributed by atoms with Crippen LogP contribution in [-0.2, 0) is 0 Å². The standard InChI is InChI=1S/C16H18ClN/c1-11-7-4-5-8-13(11)16(18-3)14-9-6-10-15(17)12(14)2/h4-10,16,18H,1-3H3. The fourth-order valence-electron chi connectivity index (χ4n) is 2.33. The second-order valence-electron chi connectivity index (χ2n) is 4.53. The van der Waals surface area contributed by atoms with Crippen molar-refractivity contribution in [1.82, 2.24) is 5.32 Å². The fraction of sp³-hybridized carbons (Fsp3) is 0.250. The summed E-state index contributed by atoms with van der Waals surface area (Å²) in [7, 11) is 1.98. The number of halogens is 1. The van der Waals surface area contributed by atoms with Gasteiger partial charge in [0.15, 0.2) is 0 Å². The number of benzene rings is 2. The molecule has 2 heteroatoms. The zero-order valence-corrected chi connectivity index (χ0v) is 11.8. The molecular formula is C16H18ClN. The van der Waals surface area contributed by atoms with Gasteiger partial charge in [-0.3, -0.25) is 0 Å². The molecule has 1 unspecified atom stereocenters. The molecule has 1 atom stereocenters. The van der Waals surface area contributed by atoms with Crippen molar-refractivity contribution in [3.05, 3.63) is 69.7 Å². The van der Waals surface area contributed by atoms with Crippen molar-refractivity contribution in [1.29, 1.82) is 0 Å². The van der Waals surface area contributed by atoms with Crippen LogP contribution in [0.25, 0.3) is 0 Å². The van der Waals surface area contributed by atoms with Crippen molar-refractivity contribution in [2.75, 3.05) is 7.05 Å². The van der Waals surface area contributed by atoms with E-state index in [-0.39, 0.29) is 6.04 Å². The van der Waals surface area contributed by atoms with Crippen LogP contribution in [0.4, 0.5) is 0 Å². The highest BCUT2D eigenvalue weighted by Gasteiger charge is 2.16. The van der Waals surface area contributed by atoms with E-state index in [2.05, 4.69) is 49.5 Å². The Labute approximate surface area is 114 Å². The molecule has 0 bridgehead atoms. The maximum Gasteiger partial charge on any atom is 0.0580 e. The summed E-state index contributed by atoms with van der Waals surface area (Å²) < 4.78 is 0. The molecule has 18 heavy (non-hydrogen) atoms. The average molecular weight is 260 g/mol. The van der Waals surface area contributed by atoms with Crippen LogP contribution in [0.2, 0.25) is 5.02 Å². The Morgan fingerprint density at radius 2 is 1.61 bits per heavy atom. The molecule has 0 radical (unpaired) electrons. The predicted molar refractivity (Wildman–Crippen MR) is 78.3 cm³/mol. The summed E-state index contributed by atoms with van der Waals surface area (Å²) in [5.41, 5.74) is 4.96. The van der Waals surface area contributed by atoms with Crippen LogP contribution < -0.4 is 5.32 Å². The lowest BCUT2D eigenvalue weighted by Crippen LogP contribution is -2.19. The molecule has 2 aromatic carbocycles. The Morgan fingerprint density at radius 3 is 2.28 bits per heavy atom. The van der Waals surface area contributed by atoms with E-state index in [9.17, 15) is 0 Å². The molecule has 94 valence electrons. The number of nitrogens with one attached hydrogen (secondary N) is 1. The van der Waals surface area contributed by atoms with Crippen molar-refractivity contribution < 1.29 is 0 Å². The van der Waals surface area contributed by atoms with Crippen molar-refractivity contribution in [2.45, 2.75) is 19.9 Å². The number of rotatable bonds is 3. The Hall–Kier alpha value is -1.31. The summed E-state index contributed by atoms with van der Waals surface area (Å²) in [6.07, 6.45) is 0. The normalized spacial score (nSPS) is 12.4. The first-order valence-corrected chi connectivity index (χ1v) is 6.50. The molecular weight excluding hydrogens is 242 g/mol. The lowest BCUT2D eigenvalue weighted by molar-refractivity contribution is 0.683. The van der Waals surface area contributed by atoms with Gasteiger partial charge in [0.1, 0.15) is 0 Å². The monoisotopic (exact) mass is 259 g/mol. The van der Waals surface area contributed by atoms with Gasteiger partial charge in [0, 0.05) is 5.02 Å². The molecule has 0 aliphatic carbocycles. The zero-order chi connectivity index (χ0) is 13.1. The van der Waals surface area contributed by atoms with E-state index in [1.165, 1.54) is 16.7 Å². The lowest BCUT2D eigenvalue weighted by Gasteiger charge is -2.21. The van der Waals surface area contributed by atoms with Crippen LogP contribution >= 0.6 is 11.6 Å². The van der Waals surface area contributed by atoms with Crippen molar-refractivity contribution in [2.24, 2.45) is 0 Å². The van der Waals surface area contributed by atoms with Crippen LogP contribution in [0.15, 0.2) is 42.5 Å². The first kappa shape index (κ1) is 13.1. The van der Waals surface area contributed by atoms with Gasteiger partial charge in [0.2, 0.25) is 0 Å². The van der Waals surface area contributed by atoms with Crippen LogP contribution in [0.3, 0.4) is 0 Å². The predicted octanol–water partition coefficient (Wildman–Crippen LogP) is 4.27. The van der Waals surface area contributed by atoms with E-state index in [0.29, 0.717) is 0 Å². The zero-order valence-electron chi connectivity index (χ0n) is 11.0. The van der Waals surface area contributed by atoms with E-state index >= 15 is 0 Å². The second kappa shape index (κ2) is 5.55. The van der Waals surface area contributed by atoms with Crippen molar-refractivity contribution in [3.8, 4) is 0 Å². The summed E-state index contributed by atoms with van der Waals surface area (Å²) in [6.45, 7) is 4.21. The molecule has 0 saturated heterocycles. The SMILES string of the molecule is CNC(c1ccccc1C)c1cccc(Cl)c1C. The Bertz CT molecular complexity index is 549. The second-order valence-corrected chi connectivity index (χ2v) is 4.94. The van der Waals surface area contributed by atoms with E-state index < -0.39 is 0 Å². The van der Waals surface area contributed by atoms with Gasteiger partial charge in [0.05, 0.1) is 6.04 Å². The topological polar surface area (TPSA) is 12.0 Å². The Kier molecular flexibility index (Phi) is 4.05. The van der Waals surface area contributed by atoms with Crippen molar-refractivity contribution >= 4 is 11.6 Å². The highest BCUT2D eigenvalue weighted by atomic mass is 35.5. The maximum atomic E-state index is 6.21. The summed E-state index contributed by atoms with van der Waals surface area (Å²) in [4.78, 5) is 0. The minimum Gasteiger partial charge on any atom is -0.309 e. The number of hydrogen-bond donors (Lipinski definition) is 1. The third-order valence-electron chi connectivity index (χ3n) is 3.41. The highest BCUT2D eigenvalue weighted by Crippen LogP contribution is 2.29. The number of hydrogen-bond acceptors (Lipinski definition) is 1. The molecule has 1 N–H and O–H groups in total. The molecule has 1 nitrogen and oxygen atoms in total. The summed E-state index contributed by atoms with van der Waals surface area (Å²) in [5.74, 6) is 0. The quantitative estimate of drug-likeness (QED) is 0.868. The smallest absolute Gasteiger partial charge is 0.0580 e. The average Bonchev–Trinajstić information content (AvgIpc) is 2.37. The Morgan fingerprint density at radius 1 is 0.944 bits per heavy atom. The molecule has 0 aliphatic heterocycles. The van der Waals surface area contributed by atoms with Gasteiger partial charge in [-0.2, -0.15) is 0 Å². The van der Waals surface area contributed by atoms with E-state index in [1.54, 1.807) is 0 Å². The first-order valence-electron chi connectivity index (χ1n) is 6.13. The van der Waals surface area contributed by atoms with Crippen LogP contribution in [0.1, 0.15) is 28.3 Å². The summed E-state index contributed by atoms with van der Waals surface area (Å²) in [6, 6.07) is 14.7. The van der Waals surface area contributed by atoms with Gasteiger partial charge in [-0.05, 0) is 49.2 Å². The van der Waals surface area contributed by atoms with Gasteiger partial charge in [-0.1, -0.05) is 48.0 Å². The van der Waals surface area contributed by atoms with Gasteiger partial charge in [-0.15, -0.1) is 0 Å². The summed E-state index contributed by atoms with van der Waals surface area (Å²) >= 11 is 6.21. The molecule has 2 aromatic rings. The van der Waals surface area contributed by atoms with Crippen molar-refractivity contribution in [3.63, 3.8) is 0 Å². The number of aryl methyl sites for hydroxylation is 1. The van der Waals surface area contributed by atoms with Gasteiger partial charge < -0.3 is 5.32 Å². The van der Waals surface area contributed by atoms with Crippen LogP contribution in [0, 0.1) is 13.8 Å². The van der Waals surface area contributed by atoms with E-state index in [1.807, 2.05) is 19.2 Å². The fourth-order valence-corrected chi connectivity index (χ4v) is 2.51. The molecule has 0 amide bonds. The molecule has 0 aliphatic rings. The summed E-state index contributed by atoms with van der Waals surface area (Å²) in [5, 5.41) is 4.21. The van der Waals surface area contributed by atoms with E-state index in [0.717, 1.165) is 10.6 Å². The third-order valence-corrected chi connectivity index (χ3v) is 3.82. The van der Waals surface area contributed by atoms with Gasteiger partial charge in [0.25, 0.3) is 0 Å². The molecule has 0 saturated carbocycles. The molecule has 0 fully saturated rings. The Balaban J connectivity index is 2.53. The minimum absolute atomic E-state index is 0.185. The van der Waals surface area contributed by atoms with Crippen LogP contribution in [0.5, 0.6) is 0 Å². The van der Waals surface area contributed by atoms with Gasteiger partial charge in [-0.25, -0.2) is 0 Å². The molecule has 0 heterocycles.